The van der Waals surface area contributed by atoms with Gasteiger partial charge in [0.25, 0.3) is 0 Å². The fourth-order valence-corrected chi connectivity index (χ4v) is 3.02. The molecular formula is C18H19ClN2. The molecule has 3 heteroatoms. The fourth-order valence-electron chi connectivity index (χ4n) is 2.83. The number of nitrogens with zero attached hydrogens (tertiary/aromatic N) is 2. The number of aromatic nitrogens is 2. The zero-order valence-electron chi connectivity index (χ0n) is 12.2. The Kier molecular flexibility index (Phi) is 4.26. The molecule has 0 aliphatic heterocycles. The Balaban J connectivity index is 1.85. The lowest BCUT2D eigenvalue weighted by Crippen LogP contribution is -2.09. The van der Waals surface area contributed by atoms with E-state index in [0.717, 1.165) is 24.2 Å². The van der Waals surface area contributed by atoms with Crippen LogP contribution in [0.1, 0.15) is 30.8 Å². The largest absolute Gasteiger partial charge is 0.324 e. The van der Waals surface area contributed by atoms with Crippen LogP contribution in [0, 0.1) is 0 Å². The SMILES string of the molecule is CC(CCc1ccccc1)n1c(CCl)nc2ccccc21. The normalized spacial score (nSPS) is 12.7. The molecule has 0 amide bonds. The summed E-state index contributed by atoms with van der Waals surface area (Å²) in [7, 11) is 0. The topological polar surface area (TPSA) is 17.8 Å². The van der Waals surface area contributed by atoms with Crippen molar-refractivity contribution in [2.45, 2.75) is 31.7 Å². The van der Waals surface area contributed by atoms with Gasteiger partial charge in [0.05, 0.1) is 16.9 Å². The summed E-state index contributed by atoms with van der Waals surface area (Å²) in [5.41, 5.74) is 3.58. The maximum absolute atomic E-state index is 6.08. The number of benzene rings is 2. The average molecular weight is 299 g/mol. The van der Waals surface area contributed by atoms with Crippen molar-refractivity contribution in [3.8, 4) is 0 Å². The molecule has 1 atom stereocenters. The summed E-state index contributed by atoms with van der Waals surface area (Å²) in [6.07, 6.45) is 2.14. The number of hydrogen-bond acceptors (Lipinski definition) is 1. The summed E-state index contributed by atoms with van der Waals surface area (Å²) in [4.78, 5) is 4.64. The maximum atomic E-state index is 6.08. The van der Waals surface area contributed by atoms with Gasteiger partial charge in [-0.15, -0.1) is 11.6 Å². The van der Waals surface area contributed by atoms with E-state index in [1.54, 1.807) is 0 Å². The Morgan fingerprint density at radius 3 is 2.52 bits per heavy atom. The number of halogens is 1. The summed E-state index contributed by atoms with van der Waals surface area (Å²) in [6.45, 7) is 2.24. The molecule has 1 unspecified atom stereocenters. The van der Waals surface area contributed by atoms with E-state index in [1.165, 1.54) is 11.1 Å². The van der Waals surface area contributed by atoms with Crippen molar-refractivity contribution in [3.05, 3.63) is 66.0 Å². The van der Waals surface area contributed by atoms with Crippen LogP contribution in [0.3, 0.4) is 0 Å². The summed E-state index contributed by atoms with van der Waals surface area (Å²) in [5.74, 6) is 1.41. The van der Waals surface area contributed by atoms with Gasteiger partial charge in [-0.25, -0.2) is 4.98 Å². The zero-order chi connectivity index (χ0) is 14.7. The molecule has 3 rings (SSSR count). The first kappa shape index (κ1) is 14.2. The molecular weight excluding hydrogens is 280 g/mol. The van der Waals surface area contributed by atoms with Crippen molar-refractivity contribution in [1.29, 1.82) is 0 Å². The van der Waals surface area contributed by atoms with E-state index in [-0.39, 0.29) is 0 Å². The Morgan fingerprint density at radius 1 is 1.05 bits per heavy atom. The van der Waals surface area contributed by atoms with Gasteiger partial charge in [-0.1, -0.05) is 42.5 Å². The molecule has 0 bridgehead atoms. The lowest BCUT2D eigenvalue weighted by atomic mass is 10.1. The number of alkyl halides is 1. The molecule has 0 fully saturated rings. The minimum Gasteiger partial charge on any atom is -0.324 e. The van der Waals surface area contributed by atoms with E-state index in [9.17, 15) is 0 Å². The van der Waals surface area contributed by atoms with Crippen LogP contribution in [-0.2, 0) is 12.3 Å². The van der Waals surface area contributed by atoms with Gasteiger partial charge in [0, 0.05) is 6.04 Å². The minimum atomic E-state index is 0.381. The Bertz CT molecular complexity index is 718. The molecule has 3 aromatic rings. The monoisotopic (exact) mass is 298 g/mol. The number of imidazole rings is 1. The van der Waals surface area contributed by atoms with Gasteiger partial charge in [0.15, 0.2) is 0 Å². The van der Waals surface area contributed by atoms with Crippen molar-refractivity contribution >= 4 is 22.6 Å². The van der Waals surface area contributed by atoms with Gasteiger partial charge < -0.3 is 4.57 Å². The van der Waals surface area contributed by atoms with Crippen molar-refractivity contribution in [1.82, 2.24) is 9.55 Å². The van der Waals surface area contributed by atoms with Crippen LogP contribution >= 0.6 is 11.6 Å². The van der Waals surface area contributed by atoms with Crippen molar-refractivity contribution in [3.63, 3.8) is 0 Å². The minimum absolute atomic E-state index is 0.381. The van der Waals surface area contributed by atoms with Crippen LogP contribution in [0.5, 0.6) is 0 Å². The van der Waals surface area contributed by atoms with Crippen LogP contribution in [0.15, 0.2) is 54.6 Å². The molecule has 0 N–H and O–H groups in total. The maximum Gasteiger partial charge on any atom is 0.125 e. The van der Waals surface area contributed by atoms with Gasteiger partial charge >= 0.3 is 0 Å². The second-order valence-electron chi connectivity index (χ2n) is 5.39. The molecule has 1 aromatic heterocycles. The predicted octanol–water partition coefficient (Wildman–Crippen LogP) is 4.97. The van der Waals surface area contributed by atoms with Crippen molar-refractivity contribution < 1.29 is 0 Å². The summed E-state index contributed by atoms with van der Waals surface area (Å²) in [6, 6.07) is 19.2. The first-order chi connectivity index (χ1) is 10.3. The van der Waals surface area contributed by atoms with Crippen LogP contribution in [0.4, 0.5) is 0 Å². The number of aryl methyl sites for hydroxylation is 1. The van der Waals surface area contributed by atoms with Gasteiger partial charge in [-0.3, -0.25) is 0 Å². The van der Waals surface area contributed by atoms with Gasteiger partial charge in [-0.05, 0) is 37.5 Å². The molecule has 21 heavy (non-hydrogen) atoms. The molecule has 1 heterocycles. The molecule has 108 valence electrons. The predicted molar refractivity (Wildman–Crippen MR) is 88.8 cm³/mol. The van der Waals surface area contributed by atoms with Gasteiger partial charge in [0.1, 0.15) is 5.82 Å². The highest BCUT2D eigenvalue weighted by Crippen LogP contribution is 2.25. The van der Waals surface area contributed by atoms with Crippen LogP contribution in [0.2, 0.25) is 0 Å². The lowest BCUT2D eigenvalue weighted by molar-refractivity contribution is 0.507. The van der Waals surface area contributed by atoms with E-state index in [0.29, 0.717) is 11.9 Å². The van der Waals surface area contributed by atoms with Crippen LogP contribution < -0.4 is 0 Å². The third-order valence-electron chi connectivity index (χ3n) is 3.92. The molecule has 0 saturated carbocycles. The van der Waals surface area contributed by atoms with Crippen LogP contribution in [-0.4, -0.2) is 9.55 Å². The highest BCUT2D eigenvalue weighted by Gasteiger charge is 2.14. The molecule has 0 saturated heterocycles. The van der Waals surface area contributed by atoms with E-state index >= 15 is 0 Å². The average Bonchev–Trinajstić information content (AvgIpc) is 2.92. The zero-order valence-corrected chi connectivity index (χ0v) is 12.9. The van der Waals surface area contributed by atoms with Gasteiger partial charge in [-0.2, -0.15) is 0 Å². The Morgan fingerprint density at radius 2 is 1.76 bits per heavy atom. The highest BCUT2D eigenvalue weighted by atomic mass is 35.5. The number of rotatable bonds is 5. The first-order valence-electron chi connectivity index (χ1n) is 7.35. The summed E-state index contributed by atoms with van der Waals surface area (Å²) in [5, 5.41) is 0. The Labute approximate surface area is 130 Å². The van der Waals surface area contributed by atoms with E-state index in [2.05, 4.69) is 58.9 Å². The van der Waals surface area contributed by atoms with Crippen LogP contribution in [0.25, 0.3) is 11.0 Å². The third kappa shape index (κ3) is 2.96. The quantitative estimate of drug-likeness (QED) is 0.608. The Hall–Kier alpha value is -1.80. The summed E-state index contributed by atoms with van der Waals surface area (Å²) >= 11 is 6.08. The second-order valence-corrected chi connectivity index (χ2v) is 5.66. The second kappa shape index (κ2) is 6.31. The van der Waals surface area contributed by atoms with Crippen molar-refractivity contribution in [2.24, 2.45) is 0 Å². The molecule has 0 radical (unpaired) electrons. The smallest absolute Gasteiger partial charge is 0.125 e. The lowest BCUT2D eigenvalue weighted by Gasteiger charge is -2.17. The van der Waals surface area contributed by atoms with E-state index in [1.807, 2.05) is 12.1 Å². The molecule has 2 aromatic carbocycles. The summed E-state index contributed by atoms with van der Waals surface area (Å²) < 4.78 is 2.28. The molecule has 2 nitrogen and oxygen atoms in total. The van der Waals surface area contributed by atoms with Crippen molar-refractivity contribution in [2.75, 3.05) is 0 Å². The molecule has 0 aliphatic carbocycles. The van der Waals surface area contributed by atoms with Gasteiger partial charge in [0.2, 0.25) is 0 Å². The van der Waals surface area contributed by atoms with E-state index in [4.69, 9.17) is 11.6 Å². The standard InChI is InChI=1S/C18H19ClN2/c1-14(11-12-15-7-3-2-4-8-15)21-17-10-6-5-9-16(17)20-18(21)13-19/h2-10,14H,11-13H2,1H3. The van der Waals surface area contributed by atoms with E-state index < -0.39 is 0 Å². The first-order valence-corrected chi connectivity index (χ1v) is 7.89. The molecule has 0 aliphatic rings. The highest BCUT2D eigenvalue weighted by molar-refractivity contribution is 6.16. The number of hydrogen-bond donors (Lipinski definition) is 0. The fraction of sp³-hybridized carbons (Fsp3) is 0.278. The molecule has 0 spiro atoms. The number of fused-ring (bicyclic) bond motifs is 1. The third-order valence-corrected chi connectivity index (χ3v) is 4.16. The number of para-hydroxylation sites is 2.